The highest BCUT2D eigenvalue weighted by Crippen LogP contribution is 2.39. The third kappa shape index (κ3) is 4.50. The number of hydrogen-bond donors (Lipinski definition) is 1. The molecule has 0 amide bonds. The first-order valence-corrected chi connectivity index (χ1v) is 12.3. The average molecular weight is 509 g/mol. The van der Waals surface area contributed by atoms with Gasteiger partial charge in [-0.1, -0.05) is 45.4 Å². The second kappa shape index (κ2) is 9.41. The fourth-order valence-electron chi connectivity index (χ4n) is 4.96. The molecule has 172 valence electrons. The number of nitrogens with zero attached hydrogens (tertiary/aromatic N) is 3. The van der Waals surface area contributed by atoms with E-state index in [2.05, 4.69) is 50.3 Å². The first-order valence-electron chi connectivity index (χ1n) is 11.5. The highest BCUT2D eigenvalue weighted by Gasteiger charge is 2.34. The number of para-hydroxylation sites is 1. The van der Waals surface area contributed by atoms with Crippen molar-refractivity contribution in [3.63, 3.8) is 0 Å². The molecule has 2 aromatic carbocycles. The number of anilines is 1. The van der Waals surface area contributed by atoms with E-state index in [1.165, 1.54) is 12.8 Å². The van der Waals surface area contributed by atoms with Crippen molar-refractivity contribution in [3.05, 3.63) is 69.3 Å². The van der Waals surface area contributed by atoms with E-state index in [1.54, 1.807) is 0 Å². The number of carbonyl (C=O) groups is 1. The molecule has 1 saturated heterocycles. The van der Waals surface area contributed by atoms with Crippen molar-refractivity contribution < 1.29 is 9.63 Å². The van der Waals surface area contributed by atoms with Crippen LogP contribution in [0.2, 0.25) is 0 Å². The van der Waals surface area contributed by atoms with Crippen LogP contribution in [0.25, 0.3) is 5.57 Å². The van der Waals surface area contributed by atoms with Crippen LogP contribution in [0.1, 0.15) is 29.5 Å². The third-order valence-corrected chi connectivity index (χ3v) is 7.34. The fourth-order valence-corrected chi connectivity index (χ4v) is 5.32. The van der Waals surface area contributed by atoms with E-state index in [1.807, 2.05) is 42.5 Å². The SMILES string of the molecule is CN(C)C1CCN(CCO/N=C2/C(=C3/C(=O)Cc4ccc(Br)cc43)Nc3ccccc32)CC1. The molecule has 0 aromatic heterocycles. The Labute approximate surface area is 203 Å². The third-order valence-electron chi connectivity index (χ3n) is 6.84. The molecule has 0 spiro atoms. The topological polar surface area (TPSA) is 57.2 Å². The molecule has 0 bridgehead atoms. The maximum atomic E-state index is 13.0. The quantitative estimate of drug-likeness (QED) is 0.373. The number of likely N-dealkylation sites (tertiary alicyclic amines) is 1. The molecule has 0 radical (unpaired) electrons. The lowest BCUT2D eigenvalue weighted by Crippen LogP contribution is -2.42. The predicted octanol–water partition coefficient (Wildman–Crippen LogP) is 4.16. The molecule has 33 heavy (non-hydrogen) atoms. The molecule has 0 atom stereocenters. The largest absolute Gasteiger partial charge is 0.394 e. The van der Waals surface area contributed by atoms with Crippen LogP contribution >= 0.6 is 15.9 Å². The van der Waals surface area contributed by atoms with Gasteiger partial charge in [0, 0.05) is 34.7 Å². The maximum Gasteiger partial charge on any atom is 0.170 e. The Kier molecular flexibility index (Phi) is 6.36. The standard InChI is InChI=1S/C26H29BrN4O2/c1-30(2)19-9-11-31(12-10-19)13-14-33-29-25-20-5-3-4-6-22(20)28-26(25)24-21-16-18(27)8-7-17(21)15-23(24)32/h3-8,16,19,28H,9-15H2,1-2H3/b26-24-,29-25+. The van der Waals surface area contributed by atoms with Crippen LogP contribution in [0.3, 0.4) is 0 Å². The Morgan fingerprint density at radius 1 is 1.15 bits per heavy atom. The summed E-state index contributed by atoms with van der Waals surface area (Å²) in [5.74, 6) is 0.106. The molecule has 7 heteroatoms. The van der Waals surface area contributed by atoms with Crippen LogP contribution in [-0.2, 0) is 16.1 Å². The number of piperidine rings is 1. The van der Waals surface area contributed by atoms with Crippen molar-refractivity contribution in [1.29, 1.82) is 0 Å². The van der Waals surface area contributed by atoms with E-state index < -0.39 is 0 Å². The van der Waals surface area contributed by atoms with E-state index in [-0.39, 0.29) is 5.78 Å². The number of benzene rings is 2. The summed E-state index contributed by atoms with van der Waals surface area (Å²) in [6.07, 6.45) is 2.79. The molecular weight excluding hydrogens is 480 g/mol. The van der Waals surface area contributed by atoms with Gasteiger partial charge in [0.1, 0.15) is 12.3 Å². The predicted molar refractivity (Wildman–Crippen MR) is 135 cm³/mol. The Bertz CT molecular complexity index is 1130. The minimum atomic E-state index is 0.106. The van der Waals surface area contributed by atoms with Gasteiger partial charge in [0.15, 0.2) is 5.78 Å². The van der Waals surface area contributed by atoms with Gasteiger partial charge in [0.05, 0.1) is 11.3 Å². The molecule has 1 aliphatic carbocycles. The zero-order chi connectivity index (χ0) is 22.9. The van der Waals surface area contributed by atoms with Crippen molar-refractivity contribution in [3.8, 4) is 0 Å². The summed E-state index contributed by atoms with van der Waals surface area (Å²) in [7, 11) is 4.32. The number of Topliss-reactive ketones (excluding diaryl/α,β-unsaturated/α-hetero) is 1. The molecule has 2 heterocycles. The molecular formula is C26H29BrN4O2. The highest BCUT2D eigenvalue weighted by molar-refractivity contribution is 9.10. The number of carbonyl (C=O) groups excluding carboxylic acids is 1. The number of oxime groups is 1. The molecule has 3 aliphatic rings. The number of nitrogens with one attached hydrogen (secondary N) is 1. The Morgan fingerprint density at radius 3 is 2.73 bits per heavy atom. The second-order valence-electron chi connectivity index (χ2n) is 9.13. The number of allylic oxidation sites excluding steroid dienone is 2. The monoisotopic (exact) mass is 508 g/mol. The minimum Gasteiger partial charge on any atom is -0.394 e. The van der Waals surface area contributed by atoms with E-state index in [0.29, 0.717) is 30.4 Å². The zero-order valence-electron chi connectivity index (χ0n) is 19.1. The van der Waals surface area contributed by atoms with Gasteiger partial charge in [-0.2, -0.15) is 0 Å². The first-order chi connectivity index (χ1) is 16.0. The summed E-state index contributed by atoms with van der Waals surface area (Å²) >= 11 is 3.55. The summed E-state index contributed by atoms with van der Waals surface area (Å²) < 4.78 is 0.956. The maximum absolute atomic E-state index is 13.0. The summed E-state index contributed by atoms with van der Waals surface area (Å²) in [4.78, 5) is 23.6. The fraction of sp³-hybridized carbons (Fsp3) is 0.385. The number of ketones is 1. The van der Waals surface area contributed by atoms with E-state index >= 15 is 0 Å². The van der Waals surface area contributed by atoms with Crippen LogP contribution in [0, 0.1) is 0 Å². The summed E-state index contributed by atoms with van der Waals surface area (Å²) in [5.41, 5.74) is 6.05. The Balaban J connectivity index is 1.36. The van der Waals surface area contributed by atoms with Crippen molar-refractivity contribution in [2.24, 2.45) is 5.16 Å². The second-order valence-corrected chi connectivity index (χ2v) is 10.0. The van der Waals surface area contributed by atoms with Crippen molar-refractivity contribution >= 4 is 38.7 Å². The number of fused-ring (bicyclic) bond motifs is 2. The van der Waals surface area contributed by atoms with Gasteiger partial charge in [-0.15, -0.1) is 0 Å². The molecule has 1 N–H and O–H groups in total. The molecule has 2 aliphatic heterocycles. The average Bonchev–Trinajstić information content (AvgIpc) is 3.33. The van der Waals surface area contributed by atoms with E-state index in [9.17, 15) is 4.79 Å². The minimum absolute atomic E-state index is 0.106. The molecule has 1 fully saturated rings. The van der Waals surface area contributed by atoms with Gasteiger partial charge >= 0.3 is 0 Å². The lowest BCUT2D eigenvalue weighted by atomic mass is 10.0. The van der Waals surface area contributed by atoms with Crippen LogP contribution < -0.4 is 5.32 Å². The van der Waals surface area contributed by atoms with Gasteiger partial charge in [-0.25, -0.2) is 0 Å². The van der Waals surface area contributed by atoms with Crippen LogP contribution in [-0.4, -0.2) is 67.7 Å². The van der Waals surface area contributed by atoms with Crippen molar-refractivity contribution in [1.82, 2.24) is 9.80 Å². The van der Waals surface area contributed by atoms with Crippen LogP contribution in [0.5, 0.6) is 0 Å². The zero-order valence-corrected chi connectivity index (χ0v) is 20.7. The Morgan fingerprint density at radius 2 is 1.94 bits per heavy atom. The summed E-state index contributed by atoms with van der Waals surface area (Å²) in [6, 6.07) is 14.7. The van der Waals surface area contributed by atoms with Crippen molar-refractivity contribution in [2.45, 2.75) is 25.3 Å². The van der Waals surface area contributed by atoms with Gasteiger partial charge in [-0.05, 0) is 69.4 Å². The van der Waals surface area contributed by atoms with Gasteiger partial charge < -0.3 is 15.1 Å². The van der Waals surface area contributed by atoms with Gasteiger partial charge in [0.2, 0.25) is 0 Å². The number of rotatable bonds is 5. The molecule has 0 unspecified atom stereocenters. The summed E-state index contributed by atoms with van der Waals surface area (Å²) in [5, 5.41) is 7.99. The van der Waals surface area contributed by atoms with Gasteiger partial charge in [0.25, 0.3) is 0 Å². The smallest absolute Gasteiger partial charge is 0.170 e. The van der Waals surface area contributed by atoms with Crippen molar-refractivity contribution in [2.75, 3.05) is 45.7 Å². The lowest BCUT2D eigenvalue weighted by molar-refractivity contribution is -0.112. The van der Waals surface area contributed by atoms with E-state index in [4.69, 9.17) is 4.84 Å². The Hall–Kier alpha value is -2.48. The number of hydrogen-bond acceptors (Lipinski definition) is 6. The lowest BCUT2D eigenvalue weighted by Gasteiger charge is -2.34. The molecule has 0 saturated carbocycles. The van der Waals surface area contributed by atoms with Crippen LogP contribution in [0.15, 0.2) is 57.8 Å². The summed E-state index contributed by atoms with van der Waals surface area (Å²) in [6.45, 7) is 3.55. The first kappa shape index (κ1) is 22.3. The van der Waals surface area contributed by atoms with E-state index in [0.717, 1.165) is 52.2 Å². The molecule has 5 rings (SSSR count). The van der Waals surface area contributed by atoms with Crippen LogP contribution in [0.4, 0.5) is 5.69 Å². The number of halogens is 1. The van der Waals surface area contributed by atoms with Gasteiger partial charge in [-0.3, -0.25) is 9.69 Å². The highest BCUT2D eigenvalue weighted by atomic mass is 79.9. The molecule has 2 aromatic rings. The normalized spacial score (nSPS) is 22.1. The molecule has 6 nitrogen and oxygen atoms in total.